The summed E-state index contributed by atoms with van der Waals surface area (Å²) < 4.78 is 19.0. The van der Waals surface area contributed by atoms with Crippen LogP contribution in [0.5, 0.6) is 17.2 Å². The normalized spacial score (nSPS) is 13.1. The molecule has 0 bridgehead atoms. The Kier molecular flexibility index (Phi) is 12.7. The van der Waals surface area contributed by atoms with Crippen molar-refractivity contribution in [2.24, 2.45) is 0 Å². The molecule has 1 aliphatic rings. The number of rotatable bonds is 16. The van der Waals surface area contributed by atoms with Crippen LogP contribution < -0.4 is 14.2 Å². The molecule has 2 heterocycles. The molecule has 0 saturated carbocycles. The highest BCUT2D eigenvalue weighted by atomic mass is 35.5. The molecule has 5 rings (SSSR count). The average molecular weight is 667 g/mol. The first-order chi connectivity index (χ1) is 23.4. The maximum Gasteiger partial charge on any atom is 0.142 e. The smallest absolute Gasteiger partial charge is 0.142 e. The summed E-state index contributed by atoms with van der Waals surface area (Å²) in [6, 6.07) is 20.4. The van der Waals surface area contributed by atoms with Gasteiger partial charge in [-0.2, -0.15) is 5.26 Å². The fourth-order valence-electron chi connectivity index (χ4n) is 6.31. The van der Waals surface area contributed by atoms with Gasteiger partial charge in [-0.15, -0.1) is 0 Å². The third kappa shape index (κ3) is 9.29. The van der Waals surface area contributed by atoms with Gasteiger partial charge < -0.3 is 24.0 Å². The van der Waals surface area contributed by atoms with E-state index in [2.05, 4.69) is 85.1 Å². The van der Waals surface area contributed by atoms with Crippen molar-refractivity contribution in [3.8, 4) is 34.4 Å². The Morgan fingerprint density at radius 2 is 1.62 bits per heavy atom. The van der Waals surface area contributed by atoms with E-state index in [1.54, 1.807) is 18.5 Å². The van der Waals surface area contributed by atoms with E-state index in [9.17, 15) is 5.26 Å². The third-order valence-electron chi connectivity index (χ3n) is 8.96. The summed E-state index contributed by atoms with van der Waals surface area (Å²) in [6.07, 6.45) is 7.97. The van der Waals surface area contributed by atoms with Crippen LogP contribution >= 0.6 is 11.6 Å². The van der Waals surface area contributed by atoms with Gasteiger partial charge in [0, 0.05) is 42.7 Å². The molecular weight excluding hydrogens is 620 g/mol. The summed E-state index contributed by atoms with van der Waals surface area (Å²) in [7, 11) is 2.08. The van der Waals surface area contributed by atoms with Crippen molar-refractivity contribution in [3.05, 3.63) is 105 Å². The van der Waals surface area contributed by atoms with Gasteiger partial charge >= 0.3 is 0 Å². The molecule has 1 saturated heterocycles. The number of nitrogens with zero attached hydrogens (tertiary/aromatic N) is 4. The Labute approximate surface area is 291 Å². The molecule has 7 nitrogen and oxygen atoms in total. The van der Waals surface area contributed by atoms with Crippen molar-refractivity contribution >= 4 is 11.6 Å². The number of ether oxygens (including phenoxy) is 3. The van der Waals surface area contributed by atoms with E-state index in [1.807, 2.05) is 12.1 Å². The van der Waals surface area contributed by atoms with E-state index < -0.39 is 0 Å². The maximum absolute atomic E-state index is 9.28. The first-order valence-electron chi connectivity index (χ1n) is 17.0. The molecule has 1 aromatic heterocycles. The zero-order chi connectivity index (χ0) is 33.9. The van der Waals surface area contributed by atoms with E-state index >= 15 is 0 Å². The lowest BCUT2D eigenvalue weighted by atomic mass is 9.93. The van der Waals surface area contributed by atoms with Crippen LogP contribution in [0.1, 0.15) is 66.0 Å². The van der Waals surface area contributed by atoms with Crippen molar-refractivity contribution < 1.29 is 14.2 Å². The number of nitriles is 1. The molecule has 0 radical (unpaired) electrons. The SMILES string of the molecule is CCCN(C)Cc1cc(Cl)c(OCc2cccc(-c3cccc(OCCCN4CCCC4)c3C)c2C)cc1OCc1cncc(C#N)c1. The second kappa shape index (κ2) is 17.3. The van der Waals surface area contributed by atoms with Gasteiger partial charge in [-0.3, -0.25) is 4.98 Å². The molecule has 0 atom stereocenters. The first-order valence-corrected chi connectivity index (χ1v) is 17.4. The Bertz CT molecular complexity index is 1710. The molecule has 48 heavy (non-hydrogen) atoms. The molecule has 0 spiro atoms. The predicted molar refractivity (Wildman–Crippen MR) is 193 cm³/mol. The van der Waals surface area contributed by atoms with Crippen LogP contribution in [-0.4, -0.2) is 54.6 Å². The van der Waals surface area contributed by atoms with Gasteiger partial charge in [0.05, 0.1) is 17.2 Å². The zero-order valence-electron chi connectivity index (χ0n) is 28.7. The molecule has 4 aromatic rings. The Hall–Kier alpha value is -4.09. The highest BCUT2D eigenvalue weighted by Crippen LogP contribution is 2.36. The molecule has 8 heteroatoms. The van der Waals surface area contributed by atoms with Gasteiger partial charge in [-0.25, -0.2) is 0 Å². The number of likely N-dealkylation sites (tertiary alicyclic amines) is 1. The van der Waals surface area contributed by atoms with Gasteiger partial charge in [0.25, 0.3) is 0 Å². The van der Waals surface area contributed by atoms with Crippen LogP contribution in [0.2, 0.25) is 5.02 Å². The number of benzene rings is 3. The number of halogens is 1. The number of aromatic nitrogens is 1. The van der Waals surface area contributed by atoms with E-state index in [0.717, 1.165) is 77.2 Å². The molecule has 1 fully saturated rings. The summed E-state index contributed by atoms with van der Waals surface area (Å²) >= 11 is 6.82. The van der Waals surface area contributed by atoms with Crippen molar-refractivity contribution in [2.75, 3.05) is 39.8 Å². The zero-order valence-corrected chi connectivity index (χ0v) is 29.5. The van der Waals surface area contributed by atoms with E-state index in [-0.39, 0.29) is 6.61 Å². The molecule has 0 aliphatic carbocycles. The molecule has 0 unspecified atom stereocenters. The summed E-state index contributed by atoms with van der Waals surface area (Å²) in [5.41, 5.74) is 7.99. The molecule has 1 aliphatic heterocycles. The van der Waals surface area contributed by atoms with Crippen molar-refractivity contribution in [1.82, 2.24) is 14.8 Å². The Morgan fingerprint density at radius 3 is 2.40 bits per heavy atom. The molecule has 0 amide bonds. The molecular formula is C40H47ClN4O3. The van der Waals surface area contributed by atoms with Crippen molar-refractivity contribution in [2.45, 2.75) is 66.2 Å². The van der Waals surface area contributed by atoms with Crippen LogP contribution in [0.4, 0.5) is 0 Å². The minimum absolute atomic E-state index is 0.274. The summed E-state index contributed by atoms with van der Waals surface area (Å²) in [4.78, 5) is 8.94. The van der Waals surface area contributed by atoms with Gasteiger partial charge in [0.2, 0.25) is 0 Å². The minimum Gasteiger partial charge on any atom is -0.493 e. The van der Waals surface area contributed by atoms with Crippen LogP contribution in [-0.2, 0) is 19.8 Å². The largest absolute Gasteiger partial charge is 0.493 e. The van der Waals surface area contributed by atoms with Crippen LogP contribution in [0.3, 0.4) is 0 Å². The highest BCUT2D eigenvalue weighted by molar-refractivity contribution is 6.32. The topological polar surface area (TPSA) is 70.8 Å². The lowest BCUT2D eigenvalue weighted by Crippen LogP contribution is -2.22. The Balaban J connectivity index is 1.31. The lowest BCUT2D eigenvalue weighted by molar-refractivity contribution is 0.262. The number of hydrogen-bond donors (Lipinski definition) is 0. The van der Waals surface area contributed by atoms with Gasteiger partial charge in [-0.1, -0.05) is 48.9 Å². The van der Waals surface area contributed by atoms with Gasteiger partial charge in [0.1, 0.15) is 36.5 Å². The van der Waals surface area contributed by atoms with Gasteiger partial charge in [0.15, 0.2) is 0 Å². The fraction of sp³-hybridized carbons (Fsp3) is 0.400. The monoisotopic (exact) mass is 666 g/mol. The summed E-state index contributed by atoms with van der Waals surface area (Å²) in [6.45, 7) is 13.0. The van der Waals surface area contributed by atoms with E-state index in [1.165, 1.54) is 25.9 Å². The van der Waals surface area contributed by atoms with E-state index in [0.29, 0.717) is 35.2 Å². The standard InChI is InChI=1S/C40H47ClN4O3/c1-5-15-44(4)26-34-21-37(41)40(22-39(34)47-27-32-20-31(23-42)24-43-25-32)48-28-33-11-8-12-35(29(33)2)36-13-9-14-38(30(36)3)46-19-10-18-45-16-6-7-17-45/h8-9,11-14,20-22,24-25H,5-7,10,15-19,26-28H2,1-4H3. The molecule has 252 valence electrons. The number of pyridine rings is 1. The quantitative estimate of drug-likeness (QED) is 0.111. The van der Waals surface area contributed by atoms with Gasteiger partial charge in [-0.05, 0) is 112 Å². The first kappa shape index (κ1) is 35.2. The molecule has 3 aromatic carbocycles. The summed E-state index contributed by atoms with van der Waals surface area (Å²) in [5, 5.41) is 9.82. The van der Waals surface area contributed by atoms with E-state index in [4.69, 9.17) is 25.8 Å². The average Bonchev–Trinajstić information content (AvgIpc) is 3.61. The second-order valence-corrected chi connectivity index (χ2v) is 13.1. The van der Waals surface area contributed by atoms with Crippen LogP contribution in [0.15, 0.2) is 67.0 Å². The summed E-state index contributed by atoms with van der Waals surface area (Å²) in [5.74, 6) is 2.19. The molecule has 0 N–H and O–H groups in total. The Morgan fingerprint density at radius 1 is 0.875 bits per heavy atom. The lowest BCUT2D eigenvalue weighted by Gasteiger charge is -2.21. The van der Waals surface area contributed by atoms with Crippen molar-refractivity contribution in [1.29, 1.82) is 5.26 Å². The van der Waals surface area contributed by atoms with Crippen LogP contribution in [0.25, 0.3) is 11.1 Å². The second-order valence-electron chi connectivity index (χ2n) is 12.7. The number of hydrogen-bond acceptors (Lipinski definition) is 7. The minimum atomic E-state index is 0.274. The van der Waals surface area contributed by atoms with Crippen molar-refractivity contribution in [3.63, 3.8) is 0 Å². The highest BCUT2D eigenvalue weighted by Gasteiger charge is 2.16. The predicted octanol–water partition coefficient (Wildman–Crippen LogP) is 8.76. The maximum atomic E-state index is 9.28. The third-order valence-corrected chi connectivity index (χ3v) is 9.25. The fourth-order valence-corrected chi connectivity index (χ4v) is 6.55. The van der Waals surface area contributed by atoms with Crippen LogP contribution in [0, 0.1) is 25.2 Å².